The second-order valence-electron chi connectivity index (χ2n) is 9.38. The fraction of sp³-hybridized carbons (Fsp3) is 0.273. The Balaban J connectivity index is 1.54. The third-order valence-electron chi connectivity index (χ3n) is 6.48. The van der Waals surface area contributed by atoms with Gasteiger partial charge in [0.05, 0.1) is 0 Å². The Bertz CT molecular complexity index is 1270. The molecule has 2 aromatic rings. The van der Waals surface area contributed by atoms with Gasteiger partial charge in [-0.2, -0.15) is 8.78 Å². The van der Waals surface area contributed by atoms with Crippen LogP contribution in [0.15, 0.2) is 36.4 Å². The lowest BCUT2D eigenvalue weighted by atomic mass is 9.57. The molecule has 2 aliphatic rings. The van der Waals surface area contributed by atoms with Crippen molar-refractivity contribution in [3.63, 3.8) is 0 Å². The van der Waals surface area contributed by atoms with Gasteiger partial charge >= 0.3 is 5.92 Å². The normalized spacial score (nSPS) is 18.3. The van der Waals surface area contributed by atoms with Crippen LogP contribution in [0.3, 0.4) is 0 Å². The first-order chi connectivity index (χ1) is 16.3. The van der Waals surface area contributed by atoms with Crippen LogP contribution in [0, 0.1) is 0 Å². The highest BCUT2D eigenvalue weighted by atomic mass is 35.5. The minimum atomic E-state index is -3.79. The average molecular weight is 497 g/mol. The van der Waals surface area contributed by atoms with E-state index in [1.807, 2.05) is 0 Å². The van der Waals surface area contributed by atoms with Gasteiger partial charge in [0, 0.05) is 34.5 Å². The van der Waals surface area contributed by atoms with Gasteiger partial charge in [0.25, 0.3) is 11.8 Å². The SMILES string of the molecule is Bc1cc(Cl)ccc1C(F)(F)C(=O)NC(B)(B)c1ccc2c(c1)CN(C1CCC(=O)NC1=O)C2=O. The maximum atomic E-state index is 15.0. The number of piperidine rings is 1. The molecule has 1 unspecified atom stereocenters. The topological polar surface area (TPSA) is 95.6 Å². The van der Waals surface area contributed by atoms with Crippen molar-refractivity contribution in [1.29, 1.82) is 0 Å². The highest BCUT2D eigenvalue weighted by Gasteiger charge is 2.44. The average Bonchev–Trinajstić information content (AvgIpc) is 3.09. The predicted molar refractivity (Wildman–Crippen MR) is 133 cm³/mol. The molecule has 1 fully saturated rings. The summed E-state index contributed by atoms with van der Waals surface area (Å²) >= 11 is 5.85. The van der Waals surface area contributed by atoms with E-state index in [1.165, 1.54) is 24.9 Å². The first-order valence-corrected chi connectivity index (χ1v) is 11.4. The van der Waals surface area contributed by atoms with Gasteiger partial charge in [0.2, 0.25) is 11.8 Å². The first kappa shape index (κ1) is 25.0. The van der Waals surface area contributed by atoms with Gasteiger partial charge in [-0.15, -0.1) is 0 Å². The van der Waals surface area contributed by atoms with Crippen LogP contribution in [-0.4, -0.2) is 58.1 Å². The lowest BCUT2D eigenvalue weighted by Crippen LogP contribution is -2.52. The van der Waals surface area contributed by atoms with Crippen molar-refractivity contribution in [1.82, 2.24) is 15.5 Å². The highest BCUT2D eigenvalue weighted by Crippen LogP contribution is 2.32. The summed E-state index contributed by atoms with van der Waals surface area (Å²) in [4.78, 5) is 50.6. The van der Waals surface area contributed by atoms with Gasteiger partial charge < -0.3 is 10.2 Å². The van der Waals surface area contributed by atoms with Crippen molar-refractivity contribution in [3.8, 4) is 0 Å². The molecule has 0 saturated carbocycles. The Kier molecular flexibility index (Phi) is 6.29. The molecule has 1 saturated heterocycles. The summed E-state index contributed by atoms with van der Waals surface area (Å²) in [5.74, 6) is -6.49. The predicted octanol–water partition coefficient (Wildman–Crippen LogP) is -1.36. The van der Waals surface area contributed by atoms with E-state index in [0.29, 0.717) is 21.7 Å². The minimum Gasteiger partial charge on any atom is -0.357 e. The van der Waals surface area contributed by atoms with Crippen LogP contribution in [0.5, 0.6) is 0 Å². The van der Waals surface area contributed by atoms with Crippen LogP contribution in [0.4, 0.5) is 8.78 Å². The molecule has 7 nitrogen and oxygen atoms in total. The van der Waals surface area contributed by atoms with Crippen molar-refractivity contribution >= 4 is 64.2 Å². The van der Waals surface area contributed by atoms with Crippen molar-refractivity contribution in [2.24, 2.45) is 0 Å². The van der Waals surface area contributed by atoms with Gasteiger partial charge in [0.15, 0.2) is 0 Å². The van der Waals surface area contributed by atoms with Crippen molar-refractivity contribution in [2.45, 2.75) is 36.7 Å². The lowest BCUT2D eigenvalue weighted by Gasteiger charge is -2.30. The van der Waals surface area contributed by atoms with E-state index < -0.39 is 34.7 Å². The summed E-state index contributed by atoms with van der Waals surface area (Å²) in [6, 6.07) is 7.88. The summed E-state index contributed by atoms with van der Waals surface area (Å²) in [7, 11) is 4.64. The zero-order valence-electron chi connectivity index (χ0n) is 19.4. The number of carbonyl (C=O) groups is 4. The molecule has 178 valence electrons. The summed E-state index contributed by atoms with van der Waals surface area (Å²) in [5, 5.41) is 3.77. The molecule has 35 heavy (non-hydrogen) atoms. The number of alkyl halides is 2. The van der Waals surface area contributed by atoms with Crippen molar-refractivity contribution < 1.29 is 28.0 Å². The van der Waals surface area contributed by atoms with Crippen LogP contribution in [0.1, 0.15) is 39.9 Å². The standard InChI is InChI=1S/C22H21B3ClF2N3O4/c23-15-8-12(26)2-4-14(15)21(27,28)20(35)30-22(24,25)11-1-3-13-10(7-11)9-31(19(13)34)16-5-6-17(32)29-18(16)33/h1-4,7-8,16H,5-6,9,23-25H2,(H,30,35)(H,29,32,33). The Labute approximate surface area is 208 Å². The van der Waals surface area contributed by atoms with E-state index in [9.17, 15) is 19.2 Å². The molecule has 0 aromatic heterocycles. The van der Waals surface area contributed by atoms with Crippen LogP contribution < -0.4 is 16.1 Å². The largest absolute Gasteiger partial charge is 0.357 e. The summed E-state index contributed by atoms with van der Waals surface area (Å²) in [6.45, 7) is 0.137. The monoisotopic (exact) mass is 497 g/mol. The van der Waals surface area contributed by atoms with Gasteiger partial charge in [-0.3, -0.25) is 24.5 Å². The Morgan fingerprint density at radius 3 is 2.51 bits per heavy atom. The van der Waals surface area contributed by atoms with E-state index >= 15 is 8.78 Å². The van der Waals surface area contributed by atoms with E-state index in [1.54, 1.807) is 33.9 Å². The third kappa shape index (κ3) is 4.59. The molecule has 4 rings (SSSR count). The lowest BCUT2D eigenvalue weighted by molar-refractivity contribution is -0.147. The number of imide groups is 1. The van der Waals surface area contributed by atoms with Gasteiger partial charge in [-0.25, -0.2) is 0 Å². The molecular formula is C22H21B3ClF2N3O4. The van der Waals surface area contributed by atoms with E-state index in [0.717, 1.165) is 6.07 Å². The molecule has 2 aliphatic heterocycles. The summed E-state index contributed by atoms with van der Waals surface area (Å²) in [6.07, 6.45) is 0.375. The Morgan fingerprint density at radius 1 is 1.14 bits per heavy atom. The third-order valence-corrected chi connectivity index (χ3v) is 6.72. The van der Waals surface area contributed by atoms with Gasteiger partial charge in [0.1, 0.15) is 29.6 Å². The Morgan fingerprint density at radius 2 is 1.86 bits per heavy atom. The number of amides is 4. The number of benzene rings is 2. The fourth-order valence-corrected chi connectivity index (χ4v) is 4.73. The zero-order valence-corrected chi connectivity index (χ0v) is 20.1. The highest BCUT2D eigenvalue weighted by molar-refractivity contribution is 6.41. The molecule has 0 radical (unpaired) electrons. The van der Waals surface area contributed by atoms with Gasteiger partial charge in [-0.1, -0.05) is 35.3 Å². The molecule has 0 bridgehead atoms. The molecule has 1 atom stereocenters. The molecule has 0 aliphatic carbocycles. The summed E-state index contributed by atoms with van der Waals surface area (Å²) < 4.78 is 30.0. The first-order valence-electron chi connectivity index (χ1n) is 11.1. The van der Waals surface area contributed by atoms with Crippen LogP contribution in [0.25, 0.3) is 0 Å². The van der Waals surface area contributed by atoms with Crippen LogP contribution in [-0.2, 0) is 32.2 Å². The van der Waals surface area contributed by atoms with E-state index in [2.05, 4.69) is 10.6 Å². The number of halogens is 3. The number of nitrogens with zero attached hydrogens (tertiary/aromatic N) is 1. The maximum absolute atomic E-state index is 15.0. The second-order valence-corrected chi connectivity index (χ2v) is 9.82. The second kappa shape index (κ2) is 8.82. The molecule has 0 spiro atoms. The van der Waals surface area contributed by atoms with Crippen LogP contribution >= 0.6 is 11.6 Å². The number of nitrogens with one attached hydrogen (secondary N) is 2. The molecule has 2 N–H and O–H groups in total. The quantitative estimate of drug-likeness (QED) is 0.395. The molecule has 13 heteroatoms. The number of rotatable bonds is 5. The molecule has 2 aromatic carbocycles. The van der Waals surface area contributed by atoms with E-state index in [-0.39, 0.29) is 36.7 Å². The van der Waals surface area contributed by atoms with Crippen LogP contribution in [0.2, 0.25) is 5.02 Å². The van der Waals surface area contributed by atoms with Gasteiger partial charge in [-0.05, 0) is 35.7 Å². The summed E-state index contributed by atoms with van der Waals surface area (Å²) in [5.41, 5.74) is 1.28. The number of hydrogen-bond donors (Lipinski definition) is 2. The Hall–Kier alpha value is -3.14. The smallest absolute Gasteiger partial charge is 0.349 e. The molecule has 2 heterocycles. The van der Waals surface area contributed by atoms with Crippen molar-refractivity contribution in [2.75, 3.05) is 0 Å². The minimum absolute atomic E-state index is 0.137. The fourth-order valence-electron chi connectivity index (χ4n) is 4.50. The maximum Gasteiger partial charge on any atom is 0.349 e. The zero-order chi connectivity index (χ0) is 25.7. The van der Waals surface area contributed by atoms with E-state index in [4.69, 9.17) is 11.6 Å². The molecular weight excluding hydrogens is 476 g/mol. The number of carbonyl (C=O) groups excluding carboxylic acids is 4. The molecule has 4 amide bonds. The van der Waals surface area contributed by atoms with Crippen molar-refractivity contribution in [3.05, 3.63) is 63.7 Å². The number of fused-ring (bicyclic) bond motifs is 1. The number of hydrogen-bond acceptors (Lipinski definition) is 4.